The van der Waals surface area contributed by atoms with Gasteiger partial charge in [-0.3, -0.25) is 0 Å². The molecule has 14 aromatic rings. The number of aromatic nitrogens is 5. The quantitative estimate of drug-likeness (QED) is 0.173. The highest BCUT2D eigenvalue weighted by atomic mass is 16.3. The van der Waals surface area contributed by atoms with Gasteiger partial charge in [-0.15, -0.1) is 0 Å². The Bertz CT molecular complexity index is 4140. The second kappa shape index (κ2) is 13.3. The third-order valence-electron chi connectivity index (χ3n) is 12.8. The molecule has 0 saturated carbocycles. The number of nitrogens with zero attached hydrogens (tertiary/aromatic N) is 5. The van der Waals surface area contributed by atoms with Crippen molar-refractivity contribution in [2.24, 2.45) is 0 Å². The molecule has 14 rings (SSSR count). The molecular formula is C57H33N5O2. The van der Waals surface area contributed by atoms with E-state index in [1.807, 2.05) is 78.9 Å². The fourth-order valence-electron chi connectivity index (χ4n) is 9.96. The van der Waals surface area contributed by atoms with Gasteiger partial charge in [-0.1, -0.05) is 140 Å². The van der Waals surface area contributed by atoms with Gasteiger partial charge in [-0.25, -0.2) is 15.0 Å². The summed E-state index contributed by atoms with van der Waals surface area (Å²) in [6, 6.07) is 69.6. The van der Waals surface area contributed by atoms with Crippen LogP contribution in [0.5, 0.6) is 0 Å². The summed E-state index contributed by atoms with van der Waals surface area (Å²) in [5.41, 5.74) is 12.4. The largest absolute Gasteiger partial charge is 0.455 e. The summed E-state index contributed by atoms with van der Waals surface area (Å²) in [6.45, 7) is 0. The Morgan fingerprint density at radius 3 is 1.66 bits per heavy atom. The van der Waals surface area contributed by atoms with Gasteiger partial charge in [0.2, 0.25) is 0 Å². The van der Waals surface area contributed by atoms with Crippen molar-refractivity contribution in [3.8, 4) is 45.5 Å². The molecule has 0 N–H and O–H groups in total. The molecule has 0 saturated heterocycles. The fourth-order valence-corrected chi connectivity index (χ4v) is 9.96. The van der Waals surface area contributed by atoms with Crippen LogP contribution in [0.15, 0.2) is 209 Å². The number of para-hydroxylation sites is 5. The van der Waals surface area contributed by atoms with Gasteiger partial charge >= 0.3 is 0 Å². The van der Waals surface area contributed by atoms with Crippen LogP contribution in [0.1, 0.15) is 0 Å². The van der Waals surface area contributed by atoms with Gasteiger partial charge in [0.25, 0.3) is 0 Å². The molecule has 7 heteroatoms. The number of furan rings is 2. The summed E-state index contributed by atoms with van der Waals surface area (Å²) in [7, 11) is 0. The van der Waals surface area contributed by atoms with Gasteiger partial charge in [-0.2, -0.15) is 0 Å². The molecular weight excluding hydrogens is 787 g/mol. The van der Waals surface area contributed by atoms with Crippen LogP contribution in [-0.4, -0.2) is 24.1 Å². The lowest BCUT2D eigenvalue weighted by molar-refractivity contribution is 0.667. The van der Waals surface area contributed by atoms with Crippen molar-refractivity contribution in [2.45, 2.75) is 0 Å². The molecule has 5 aromatic heterocycles. The Labute approximate surface area is 364 Å². The maximum Gasteiger partial charge on any atom is 0.167 e. The minimum absolute atomic E-state index is 0.550. The Balaban J connectivity index is 0.975. The van der Waals surface area contributed by atoms with Crippen LogP contribution >= 0.6 is 0 Å². The van der Waals surface area contributed by atoms with Gasteiger partial charge < -0.3 is 18.0 Å². The van der Waals surface area contributed by atoms with Crippen molar-refractivity contribution in [1.82, 2.24) is 24.1 Å². The summed E-state index contributed by atoms with van der Waals surface area (Å²) in [5.74, 6) is 1.76. The zero-order chi connectivity index (χ0) is 41.9. The Morgan fingerprint density at radius 1 is 0.328 bits per heavy atom. The van der Waals surface area contributed by atoms with E-state index < -0.39 is 0 Å². The molecule has 0 spiro atoms. The number of hydrogen-bond donors (Lipinski definition) is 0. The standard InChI is InChI=1S/C57H33N5O2/c1-3-15-34(16-4-1)55-58-56(35-17-5-2-6-18-35)60-57(59-55)43-24-13-22-39-40-23-14-27-49(53(40)64-52(39)43)62-45-25-10-7-19-37(45)44-33-36(29-31-47(44)62)61-46-26-11-8-21-42(46)51-48(61)32-30-41-38-20-9-12-28-50(38)63-54(41)51/h1-33H. The van der Waals surface area contributed by atoms with Crippen LogP contribution in [0, 0.1) is 0 Å². The molecule has 0 aliphatic heterocycles. The number of fused-ring (bicyclic) bond motifs is 13. The molecule has 0 aliphatic rings. The van der Waals surface area contributed by atoms with Crippen LogP contribution in [0.25, 0.3) is 133 Å². The lowest BCUT2D eigenvalue weighted by Crippen LogP contribution is -2.00. The molecule has 0 atom stereocenters. The van der Waals surface area contributed by atoms with Gasteiger partial charge in [-0.05, 0) is 60.7 Å². The van der Waals surface area contributed by atoms with Crippen molar-refractivity contribution in [3.05, 3.63) is 200 Å². The molecule has 0 amide bonds. The first-order valence-electron chi connectivity index (χ1n) is 21.4. The molecule has 0 bridgehead atoms. The third kappa shape index (κ3) is 5.00. The Morgan fingerprint density at radius 2 is 0.891 bits per heavy atom. The molecule has 9 aromatic carbocycles. The molecule has 0 unspecified atom stereocenters. The first kappa shape index (κ1) is 34.9. The van der Waals surface area contributed by atoms with E-state index in [1.165, 1.54) is 0 Å². The molecule has 298 valence electrons. The number of rotatable bonds is 5. The molecule has 0 fully saturated rings. The first-order valence-corrected chi connectivity index (χ1v) is 21.4. The SMILES string of the molecule is c1ccc(-c2nc(-c3ccccc3)nc(-c3cccc4c3oc3c(-n5c6ccccc6c6cc(-n7c8ccccc8c8c9oc%10ccccc%10c9ccc87)ccc65)cccc34)n2)cc1. The van der Waals surface area contributed by atoms with Gasteiger partial charge in [0, 0.05) is 54.5 Å². The lowest BCUT2D eigenvalue weighted by Gasteiger charge is -2.11. The van der Waals surface area contributed by atoms with Crippen molar-refractivity contribution in [2.75, 3.05) is 0 Å². The molecule has 7 nitrogen and oxygen atoms in total. The zero-order valence-corrected chi connectivity index (χ0v) is 34.1. The van der Waals surface area contributed by atoms with Crippen molar-refractivity contribution < 1.29 is 8.83 Å². The maximum atomic E-state index is 7.08. The van der Waals surface area contributed by atoms with Crippen LogP contribution in [0.4, 0.5) is 0 Å². The van der Waals surface area contributed by atoms with E-state index in [0.717, 1.165) is 116 Å². The fraction of sp³-hybridized carbons (Fsp3) is 0. The molecule has 5 heterocycles. The van der Waals surface area contributed by atoms with Crippen LogP contribution in [-0.2, 0) is 0 Å². The summed E-state index contributed by atoms with van der Waals surface area (Å²) in [5, 5.41) is 8.83. The normalized spacial score (nSPS) is 12.1. The van der Waals surface area contributed by atoms with E-state index in [2.05, 4.69) is 130 Å². The minimum Gasteiger partial charge on any atom is -0.455 e. The lowest BCUT2D eigenvalue weighted by atomic mass is 10.1. The molecule has 0 aliphatic carbocycles. The highest BCUT2D eigenvalue weighted by molar-refractivity contribution is 6.24. The number of hydrogen-bond acceptors (Lipinski definition) is 5. The van der Waals surface area contributed by atoms with Crippen molar-refractivity contribution in [1.29, 1.82) is 0 Å². The smallest absolute Gasteiger partial charge is 0.167 e. The van der Waals surface area contributed by atoms with E-state index >= 15 is 0 Å². The summed E-state index contributed by atoms with van der Waals surface area (Å²) in [6.07, 6.45) is 0. The molecule has 0 radical (unpaired) electrons. The Kier molecular flexibility index (Phi) is 7.27. The van der Waals surface area contributed by atoms with Crippen molar-refractivity contribution in [3.63, 3.8) is 0 Å². The second-order valence-electron chi connectivity index (χ2n) is 16.3. The van der Waals surface area contributed by atoms with E-state index in [-0.39, 0.29) is 0 Å². The maximum absolute atomic E-state index is 7.08. The van der Waals surface area contributed by atoms with E-state index in [0.29, 0.717) is 17.5 Å². The average molecular weight is 820 g/mol. The van der Waals surface area contributed by atoms with Gasteiger partial charge in [0.15, 0.2) is 23.1 Å². The summed E-state index contributed by atoms with van der Waals surface area (Å²) in [4.78, 5) is 15.1. The van der Waals surface area contributed by atoms with Crippen molar-refractivity contribution >= 4 is 87.5 Å². The van der Waals surface area contributed by atoms with Crippen LogP contribution in [0.2, 0.25) is 0 Å². The van der Waals surface area contributed by atoms with E-state index in [9.17, 15) is 0 Å². The molecule has 64 heavy (non-hydrogen) atoms. The van der Waals surface area contributed by atoms with Crippen LogP contribution < -0.4 is 0 Å². The predicted molar refractivity (Wildman–Crippen MR) is 259 cm³/mol. The third-order valence-corrected chi connectivity index (χ3v) is 12.8. The monoisotopic (exact) mass is 819 g/mol. The average Bonchev–Trinajstić information content (AvgIpc) is 4.12. The van der Waals surface area contributed by atoms with Crippen LogP contribution in [0.3, 0.4) is 0 Å². The summed E-state index contributed by atoms with van der Waals surface area (Å²) < 4.78 is 18.4. The zero-order valence-electron chi connectivity index (χ0n) is 34.1. The van der Waals surface area contributed by atoms with E-state index in [4.69, 9.17) is 23.8 Å². The Hall–Kier alpha value is -8.81. The highest BCUT2D eigenvalue weighted by Gasteiger charge is 2.23. The minimum atomic E-state index is 0.550. The summed E-state index contributed by atoms with van der Waals surface area (Å²) >= 11 is 0. The second-order valence-corrected chi connectivity index (χ2v) is 16.3. The van der Waals surface area contributed by atoms with Gasteiger partial charge in [0.1, 0.15) is 16.7 Å². The highest BCUT2D eigenvalue weighted by Crippen LogP contribution is 2.44. The number of benzene rings is 9. The topological polar surface area (TPSA) is 74.8 Å². The van der Waals surface area contributed by atoms with E-state index in [1.54, 1.807) is 0 Å². The van der Waals surface area contributed by atoms with Gasteiger partial charge in [0.05, 0.1) is 38.7 Å². The predicted octanol–water partition coefficient (Wildman–Crippen LogP) is 14.9. The first-order chi connectivity index (χ1) is 31.7.